The summed E-state index contributed by atoms with van der Waals surface area (Å²) in [4.78, 5) is 4.55. The lowest BCUT2D eigenvalue weighted by Gasteiger charge is -2.38. The molecule has 0 unspecified atom stereocenters. The molecule has 1 fully saturated rings. The fourth-order valence-corrected chi connectivity index (χ4v) is 4.10. The Labute approximate surface area is 122 Å². The van der Waals surface area contributed by atoms with E-state index in [1.54, 1.807) is 11.8 Å². The third-order valence-electron chi connectivity index (χ3n) is 4.16. The molecule has 1 aromatic rings. The second kappa shape index (κ2) is 5.72. The first-order valence-electron chi connectivity index (χ1n) is 7.06. The number of halogens is 2. The molecule has 0 bridgehead atoms. The topological polar surface area (TPSA) is 24.4 Å². The molecule has 1 N–H and O–H groups in total. The van der Waals surface area contributed by atoms with Gasteiger partial charge >= 0.3 is 0 Å². The zero-order valence-corrected chi connectivity index (χ0v) is 12.1. The molecule has 5 heteroatoms. The normalized spacial score (nSPS) is 21.6. The number of hydrogen-bond donors (Lipinski definition) is 1. The number of rotatable bonds is 1. The average Bonchev–Trinajstić information content (AvgIpc) is 2.47. The van der Waals surface area contributed by atoms with Gasteiger partial charge in [0, 0.05) is 18.4 Å². The lowest BCUT2D eigenvalue weighted by atomic mass is 9.75. The summed E-state index contributed by atoms with van der Waals surface area (Å²) in [6.45, 7) is 0.805. The smallest absolute Gasteiger partial charge is 0.161 e. The van der Waals surface area contributed by atoms with Crippen molar-refractivity contribution in [2.75, 3.05) is 17.6 Å². The Morgan fingerprint density at radius 3 is 2.65 bits per heavy atom. The first-order valence-corrected chi connectivity index (χ1v) is 8.05. The number of amidine groups is 1. The van der Waals surface area contributed by atoms with Crippen LogP contribution in [-0.4, -0.2) is 17.5 Å². The minimum Gasteiger partial charge on any atom is -0.333 e. The summed E-state index contributed by atoms with van der Waals surface area (Å²) in [7, 11) is 0. The molecule has 0 aromatic heterocycles. The van der Waals surface area contributed by atoms with Crippen LogP contribution in [0.2, 0.25) is 0 Å². The first-order chi connectivity index (χ1) is 9.67. The number of benzene rings is 1. The molecule has 20 heavy (non-hydrogen) atoms. The van der Waals surface area contributed by atoms with Gasteiger partial charge in [0.05, 0.1) is 5.69 Å². The van der Waals surface area contributed by atoms with Crippen molar-refractivity contribution >= 4 is 22.6 Å². The van der Waals surface area contributed by atoms with Gasteiger partial charge in [-0.15, -0.1) is 0 Å². The molecular weight excluding hydrogens is 278 g/mol. The zero-order chi connectivity index (χ0) is 14.0. The van der Waals surface area contributed by atoms with Crippen LogP contribution >= 0.6 is 11.8 Å². The number of nitrogens with zero attached hydrogens (tertiary/aromatic N) is 1. The van der Waals surface area contributed by atoms with Crippen molar-refractivity contribution in [2.24, 2.45) is 10.4 Å². The molecule has 2 nitrogen and oxygen atoms in total. The third-order valence-corrected chi connectivity index (χ3v) is 5.42. The van der Waals surface area contributed by atoms with E-state index in [0.29, 0.717) is 10.6 Å². The Kier molecular flexibility index (Phi) is 3.96. The van der Waals surface area contributed by atoms with Crippen molar-refractivity contribution in [2.45, 2.75) is 32.1 Å². The first kappa shape index (κ1) is 13.9. The van der Waals surface area contributed by atoms with E-state index in [2.05, 4.69) is 10.3 Å². The van der Waals surface area contributed by atoms with Crippen LogP contribution in [0.25, 0.3) is 0 Å². The number of hydrogen-bond acceptors (Lipinski definition) is 3. The molecule has 1 aliphatic carbocycles. The van der Waals surface area contributed by atoms with E-state index in [-0.39, 0.29) is 5.69 Å². The van der Waals surface area contributed by atoms with E-state index in [1.165, 1.54) is 38.2 Å². The van der Waals surface area contributed by atoms with Crippen molar-refractivity contribution in [3.05, 3.63) is 29.8 Å². The second-order valence-electron chi connectivity index (χ2n) is 5.72. The largest absolute Gasteiger partial charge is 0.333 e. The maximum absolute atomic E-state index is 13.6. The lowest BCUT2D eigenvalue weighted by Crippen LogP contribution is -2.35. The maximum atomic E-state index is 13.6. The van der Waals surface area contributed by atoms with Gasteiger partial charge in [-0.2, -0.15) is 0 Å². The van der Waals surface area contributed by atoms with Gasteiger partial charge in [-0.1, -0.05) is 31.0 Å². The van der Waals surface area contributed by atoms with Crippen LogP contribution in [0, 0.1) is 17.0 Å². The van der Waals surface area contributed by atoms with Crippen molar-refractivity contribution in [1.29, 1.82) is 0 Å². The summed E-state index contributed by atoms with van der Waals surface area (Å²) >= 11 is 1.63. The fraction of sp³-hybridized carbons (Fsp3) is 0.533. The Morgan fingerprint density at radius 2 is 1.95 bits per heavy atom. The van der Waals surface area contributed by atoms with E-state index in [0.717, 1.165) is 24.4 Å². The van der Waals surface area contributed by atoms with Crippen molar-refractivity contribution in [3.8, 4) is 0 Å². The SMILES string of the molecule is Fc1ccc(F)c(NC2=NCC3(CCCCC3)CS2)c1. The molecule has 0 amide bonds. The summed E-state index contributed by atoms with van der Waals surface area (Å²) in [6.07, 6.45) is 6.39. The summed E-state index contributed by atoms with van der Waals surface area (Å²) in [5, 5.41) is 3.61. The van der Waals surface area contributed by atoms with Gasteiger partial charge in [-0.05, 0) is 30.4 Å². The Balaban J connectivity index is 1.69. The molecule has 0 atom stereocenters. The average molecular weight is 296 g/mol. The van der Waals surface area contributed by atoms with Gasteiger partial charge in [-0.25, -0.2) is 8.78 Å². The Bertz CT molecular complexity index is 525. The van der Waals surface area contributed by atoms with Gasteiger partial charge in [0.25, 0.3) is 0 Å². The second-order valence-corrected chi connectivity index (χ2v) is 6.68. The van der Waals surface area contributed by atoms with E-state index in [1.807, 2.05) is 0 Å². The van der Waals surface area contributed by atoms with E-state index < -0.39 is 11.6 Å². The minimum atomic E-state index is -0.451. The van der Waals surface area contributed by atoms with Crippen LogP contribution in [0.1, 0.15) is 32.1 Å². The van der Waals surface area contributed by atoms with Crippen LogP contribution in [0.15, 0.2) is 23.2 Å². The minimum absolute atomic E-state index is 0.163. The summed E-state index contributed by atoms with van der Waals surface area (Å²) < 4.78 is 26.7. The van der Waals surface area contributed by atoms with Gasteiger partial charge in [0.1, 0.15) is 11.6 Å². The molecule has 0 saturated heterocycles. The van der Waals surface area contributed by atoms with Gasteiger partial charge in [0.15, 0.2) is 5.17 Å². The Morgan fingerprint density at radius 1 is 1.15 bits per heavy atom. The zero-order valence-electron chi connectivity index (χ0n) is 11.3. The van der Waals surface area contributed by atoms with Crippen molar-refractivity contribution in [1.82, 2.24) is 0 Å². The van der Waals surface area contributed by atoms with Crippen molar-refractivity contribution < 1.29 is 8.78 Å². The molecule has 2 aliphatic rings. The summed E-state index contributed by atoms with van der Waals surface area (Å²) in [6, 6.07) is 3.42. The molecule has 108 valence electrons. The van der Waals surface area contributed by atoms with E-state index in [4.69, 9.17) is 0 Å². The number of anilines is 1. The van der Waals surface area contributed by atoms with E-state index >= 15 is 0 Å². The predicted molar refractivity (Wildman–Crippen MR) is 80.3 cm³/mol. The molecular formula is C15H18F2N2S. The van der Waals surface area contributed by atoms with Crippen LogP contribution in [0.4, 0.5) is 14.5 Å². The monoisotopic (exact) mass is 296 g/mol. The van der Waals surface area contributed by atoms with Crippen LogP contribution in [-0.2, 0) is 0 Å². The highest BCUT2D eigenvalue weighted by atomic mass is 32.2. The van der Waals surface area contributed by atoms with Crippen molar-refractivity contribution in [3.63, 3.8) is 0 Å². The fourth-order valence-electron chi connectivity index (χ4n) is 2.94. The van der Waals surface area contributed by atoms with Crippen LogP contribution < -0.4 is 5.32 Å². The standard InChI is InChI=1S/C15H18F2N2S/c16-11-4-5-12(17)13(8-11)19-14-18-9-15(10-20-14)6-2-1-3-7-15/h4-5,8H,1-3,6-7,9-10H2,(H,18,19). The van der Waals surface area contributed by atoms with Crippen LogP contribution in [0.3, 0.4) is 0 Å². The third kappa shape index (κ3) is 2.97. The van der Waals surface area contributed by atoms with E-state index in [9.17, 15) is 8.78 Å². The van der Waals surface area contributed by atoms with Gasteiger partial charge < -0.3 is 5.32 Å². The number of nitrogens with one attached hydrogen (secondary N) is 1. The maximum Gasteiger partial charge on any atom is 0.161 e. The van der Waals surface area contributed by atoms with Gasteiger partial charge in [0.2, 0.25) is 0 Å². The highest BCUT2D eigenvalue weighted by Gasteiger charge is 2.34. The summed E-state index contributed by atoms with van der Waals surface area (Å²) in [5.74, 6) is 0.127. The van der Waals surface area contributed by atoms with Crippen LogP contribution in [0.5, 0.6) is 0 Å². The molecule has 1 aromatic carbocycles. The highest BCUT2D eigenvalue weighted by Crippen LogP contribution is 2.42. The molecule has 3 rings (SSSR count). The number of aliphatic imine (C=N–C) groups is 1. The quantitative estimate of drug-likeness (QED) is 0.829. The lowest BCUT2D eigenvalue weighted by molar-refractivity contribution is 0.232. The molecule has 1 heterocycles. The molecule has 0 radical (unpaired) electrons. The summed E-state index contributed by atoms with van der Waals surface area (Å²) in [5.41, 5.74) is 0.505. The Hall–Kier alpha value is -1.10. The molecule has 1 aliphatic heterocycles. The number of thioether (sulfide) groups is 1. The predicted octanol–water partition coefficient (Wildman–Crippen LogP) is 4.43. The van der Waals surface area contributed by atoms with Gasteiger partial charge in [-0.3, -0.25) is 4.99 Å². The molecule has 1 saturated carbocycles. The highest BCUT2D eigenvalue weighted by molar-refractivity contribution is 8.14. The molecule has 1 spiro atoms.